The van der Waals surface area contributed by atoms with Crippen LogP contribution in [-0.2, 0) is 9.53 Å². The summed E-state index contributed by atoms with van der Waals surface area (Å²) < 4.78 is 6.00. The van der Waals surface area contributed by atoms with Crippen LogP contribution in [-0.4, -0.2) is 27.5 Å². The van der Waals surface area contributed by atoms with Gasteiger partial charge < -0.3 is 0 Å². The molecule has 0 N–H and O–H groups in total. The third-order valence-corrected chi connectivity index (χ3v) is 3.78. The fourth-order valence-electron chi connectivity index (χ4n) is 1.17. The molecule has 0 atom stereocenters. The maximum absolute atomic E-state index is 11.2. The quantitative estimate of drug-likeness (QED) is 0.485. The Hall–Kier alpha value is -0.761. The molecule has 0 bridgehead atoms. The van der Waals surface area contributed by atoms with Gasteiger partial charge in [0.1, 0.15) is 0 Å². The molecule has 86 valence electrons. The van der Waals surface area contributed by atoms with Crippen molar-refractivity contribution in [2.24, 2.45) is 0 Å². The summed E-state index contributed by atoms with van der Waals surface area (Å²) in [5, 5.41) is 0.729. The third kappa shape index (κ3) is 4.01. The Kier molecular flexibility index (Phi) is 5.61. The third-order valence-electron chi connectivity index (χ3n) is 1.88. The van der Waals surface area contributed by atoms with Crippen LogP contribution in [0, 0.1) is 0 Å². The molecular weight excluding hydrogens is 291 g/mol. The molecule has 0 spiro atoms. The van der Waals surface area contributed by atoms with Crippen molar-refractivity contribution in [1.82, 2.24) is 0 Å². The Morgan fingerprint density at radius 3 is 2.94 bits per heavy atom. The molecule has 0 saturated carbocycles. The van der Waals surface area contributed by atoms with E-state index in [1.807, 2.05) is 18.2 Å². The van der Waals surface area contributed by atoms with Crippen LogP contribution in [0.15, 0.2) is 24.3 Å². The summed E-state index contributed by atoms with van der Waals surface area (Å²) >= 11 is 6.25. The molecule has 0 amide bonds. The van der Waals surface area contributed by atoms with E-state index < -0.39 is 0 Å². The average molecular weight is 304 g/mol. The van der Waals surface area contributed by atoms with Crippen LogP contribution in [0.25, 0.3) is 6.08 Å². The van der Waals surface area contributed by atoms with E-state index in [2.05, 4.69) is 5.82 Å². The van der Waals surface area contributed by atoms with Crippen molar-refractivity contribution in [3.8, 4) is 0 Å². The fourth-order valence-corrected chi connectivity index (χ4v) is 2.78. The van der Waals surface area contributed by atoms with Crippen molar-refractivity contribution >= 4 is 43.1 Å². The van der Waals surface area contributed by atoms with Crippen molar-refractivity contribution in [2.45, 2.75) is 12.7 Å². The zero-order valence-electron chi connectivity index (χ0n) is 9.20. The van der Waals surface area contributed by atoms with E-state index >= 15 is 0 Å². The molecule has 0 aromatic heterocycles. The van der Waals surface area contributed by atoms with Gasteiger partial charge in [0.15, 0.2) is 0 Å². The molecular formula is C12H13ClO2Se. The van der Waals surface area contributed by atoms with Gasteiger partial charge >= 0.3 is 107 Å². The normalized spacial score (nSPS) is 10.7. The Morgan fingerprint density at radius 2 is 2.31 bits per heavy atom. The van der Waals surface area contributed by atoms with E-state index in [9.17, 15) is 4.79 Å². The van der Waals surface area contributed by atoms with Gasteiger partial charge in [0.2, 0.25) is 0 Å². The van der Waals surface area contributed by atoms with Crippen LogP contribution < -0.4 is 4.46 Å². The Balaban J connectivity index is 2.84. The first kappa shape index (κ1) is 13.3. The minimum atomic E-state index is -0.313. The monoisotopic (exact) mass is 304 g/mol. The fraction of sp³-hybridized carbons (Fsp3) is 0.250. The van der Waals surface area contributed by atoms with Gasteiger partial charge in [-0.3, -0.25) is 0 Å². The van der Waals surface area contributed by atoms with E-state index in [1.165, 1.54) is 10.5 Å². The van der Waals surface area contributed by atoms with Crippen molar-refractivity contribution in [2.75, 3.05) is 6.61 Å². The molecule has 4 heteroatoms. The van der Waals surface area contributed by atoms with Crippen LogP contribution in [0.2, 0.25) is 10.8 Å². The van der Waals surface area contributed by atoms with Crippen LogP contribution in [0.3, 0.4) is 0 Å². The number of rotatable bonds is 4. The zero-order valence-corrected chi connectivity index (χ0v) is 11.7. The first-order chi connectivity index (χ1) is 7.67. The SMILES string of the molecule is CCOC(=O)/C=C/c1ccc(Cl)cc1[Se]C. The van der Waals surface area contributed by atoms with E-state index in [4.69, 9.17) is 16.3 Å². The Morgan fingerprint density at radius 1 is 1.56 bits per heavy atom. The molecule has 1 rings (SSSR count). The molecule has 1 aromatic carbocycles. The summed E-state index contributed by atoms with van der Waals surface area (Å²) in [6.45, 7) is 2.18. The Bertz CT molecular complexity index is 402. The summed E-state index contributed by atoms with van der Waals surface area (Å²) in [5.74, 6) is 1.80. The molecule has 0 aliphatic carbocycles. The summed E-state index contributed by atoms with van der Waals surface area (Å²) in [5.41, 5.74) is 1.03. The van der Waals surface area contributed by atoms with Gasteiger partial charge in [-0.15, -0.1) is 0 Å². The van der Waals surface area contributed by atoms with Crippen LogP contribution in [0.1, 0.15) is 12.5 Å². The molecule has 0 radical (unpaired) electrons. The van der Waals surface area contributed by atoms with Crippen molar-refractivity contribution in [3.63, 3.8) is 0 Å². The molecule has 2 nitrogen and oxygen atoms in total. The van der Waals surface area contributed by atoms with Crippen LogP contribution >= 0.6 is 11.6 Å². The number of carbonyl (C=O) groups is 1. The van der Waals surface area contributed by atoms with Gasteiger partial charge in [0.05, 0.1) is 0 Å². The second kappa shape index (κ2) is 6.74. The van der Waals surface area contributed by atoms with Gasteiger partial charge in [0.25, 0.3) is 0 Å². The molecule has 0 saturated heterocycles. The standard InChI is InChI=1S/C12H13ClO2Se/c1-3-15-12(14)7-5-9-4-6-10(13)8-11(9)16-2/h4-8H,3H2,1-2H3/b7-5+. The van der Waals surface area contributed by atoms with E-state index in [1.54, 1.807) is 13.0 Å². The molecule has 0 unspecified atom stereocenters. The first-order valence-electron chi connectivity index (χ1n) is 4.85. The zero-order chi connectivity index (χ0) is 12.0. The molecule has 0 aliphatic heterocycles. The molecule has 0 fully saturated rings. The van der Waals surface area contributed by atoms with Crippen LogP contribution in [0.5, 0.6) is 0 Å². The van der Waals surface area contributed by atoms with Crippen molar-refractivity contribution in [1.29, 1.82) is 0 Å². The number of benzene rings is 1. The molecule has 0 aliphatic rings. The van der Waals surface area contributed by atoms with E-state index in [-0.39, 0.29) is 5.97 Å². The second-order valence-electron chi connectivity index (χ2n) is 2.97. The summed E-state index contributed by atoms with van der Waals surface area (Å²) in [6.07, 6.45) is 3.22. The van der Waals surface area contributed by atoms with E-state index in [0.29, 0.717) is 21.6 Å². The number of hydrogen-bond acceptors (Lipinski definition) is 2. The number of carbonyl (C=O) groups excluding carboxylic acids is 1. The predicted molar refractivity (Wildman–Crippen MR) is 68.4 cm³/mol. The topological polar surface area (TPSA) is 26.3 Å². The van der Waals surface area contributed by atoms with E-state index in [0.717, 1.165) is 10.6 Å². The second-order valence-corrected chi connectivity index (χ2v) is 5.19. The number of esters is 1. The minimum absolute atomic E-state index is 0.313. The first-order valence-corrected chi connectivity index (χ1v) is 7.80. The molecule has 1 aromatic rings. The summed E-state index contributed by atoms with van der Waals surface area (Å²) in [6, 6.07) is 5.67. The summed E-state index contributed by atoms with van der Waals surface area (Å²) in [4.78, 5) is 11.2. The van der Waals surface area contributed by atoms with Gasteiger partial charge in [-0.25, -0.2) is 0 Å². The molecule has 0 heterocycles. The number of hydrogen-bond donors (Lipinski definition) is 0. The molecule has 16 heavy (non-hydrogen) atoms. The van der Waals surface area contributed by atoms with Crippen molar-refractivity contribution in [3.05, 3.63) is 34.9 Å². The van der Waals surface area contributed by atoms with Gasteiger partial charge in [-0.2, -0.15) is 0 Å². The van der Waals surface area contributed by atoms with Crippen molar-refractivity contribution < 1.29 is 9.53 Å². The number of halogens is 1. The number of ether oxygens (including phenoxy) is 1. The summed E-state index contributed by atoms with van der Waals surface area (Å²) in [7, 11) is 0. The predicted octanol–water partition coefficient (Wildman–Crippen LogP) is 2.29. The Labute approximate surface area is 107 Å². The van der Waals surface area contributed by atoms with Gasteiger partial charge in [-0.1, -0.05) is 0 Å². The van der Waals surface area contributed by atoms with Gasteiger partial charge in [0, 0.05) is 0 Å². The van der Waals surface area contributed by atoms with Gasteiger partial charge in [-0.05, 0) is 0 Å². The average Bonchev–Trinajstić information content (AvgIpc) is 2.27. The van der Waals surface area contributed by atoms with Crippen LogP contribution in [0.4, 0.5) is 0 Å². The maximum atomic E-state index is 11.2.